The molecule has 1 aliphatic rings. The Morgan fingerprint density at radius 2 is 2.00 bits per heavy atom. The minimum atomic E-state index is -0.878. The Kier molecular flexibility index (Phi) is 4.11. The van der Waals surface area contributed by atoms with E-state index < -0.39 is 17.6 Å². The van der Waals surface area contributed by atoms with Gasteiger partial charge in [0.25, 0.3) is 0 Å². The molecule has 5 heteroatoms. The first kappa shape index (κ1) is 14.2. The van der Waals surface area contributed by atoms with Crippen LogP contribution in [0.1, 0.15) is 20.8 Å². The fraction of sp³-hybridized carbons (Fsp3) is 0.462. The number of carbonyl (C=O) groups is 1. The molecule has 5 nitrogen and oxygen atoms in total. The van der Waals surface area contributed by atoms with Gasteiger partial charge in [-0.1, -0.05) is 0 Å². The predicted molar refractivity (Wildman–Crippen MR) is 66.2 cm³/mol. The van der Waals surface area contributed by atoms with Gasteiger partial charge in [-0.3, -0.25) is 0 Å². The van der Waals surface area contributed by atoms with Gasteiger partial charge in [0.15, 0.2) is 0 Å². The highest BCUT2D eigenvalue weighted by Gasteiger charge is 2.30. The summed E-state index contributed by atoms with van der Waals surface area (Å²) in [7, 11) is 1.26. The molecule has 0 saturated heterocycles. The Labute approximate surface area is 106 Å². The summed E-state index contributed by atoms with van der Waals surface area (Å²) in [5.41, 5.74) is 5.69. The van der Waals surface area contributed by atoms with Crippen LogP contribution in [0.5, 0.6) is 0 Å². The highest BCUT2D eigenvalue weighted by Crippen LogP contribution is 2.27. The highest BCUT2D eigenvalue weighted by atomic mass is 16.5. The predicted octanol–water partition coefficient (Wildman–Crippen LogP) is 0.884. The van der Waals surface area contributed by atoms with Crippen LogP contribution in [-0.4, -0.2) is 30.7 Å². The van der Waals surface area contributed by atoms with E-state index >= 15 is 0 Å². The molecule has 1 aliphatic carbocycles. The number of esters is 1. The molecule has 0 heterocycles. The standard InChI is InChI=1S/C13H17NO4/c1-13(2,3)18-10-6-5-8(12(16)17-4)11(14)9(10)7-15/h5-6,11H,14H2,1-4H3. The van der Waals surface area contributed by atoms with Crippen molar-refractivity contribution in [3.8, 4) is 0 Å². The number of methoxy groups -OCH3 is 1. The largest absolute Gasteiger partial charge is 0.487 e. The summed E-state index contributed by atoms with van der Waals surface area (Å²) in [6, 6.07) is -0.878. The van der Waals surface area contributed by atoms with Crippen molar-refractivity contribution in [3.05, 3.63) is 29.1 Å². The zero-order chi connectivity index (χ0) is 13.9. The number of hydrogen-bond acceptors (Lipinski definition) is 5. The van der Waals surface area contributed by atoms with Crippen LogP contribution in [0, 0.1) is 0 Å². The van der Waals surface area contributed by atoms with E-state index in [2.05, 4.69) is 4.74 Å². The van der Waals surface area contributed by atoms with Gasteiger partial charge in [-0.05, 0) is 32.9 Å². The first-order valence-corrected chi connectivity index (χ1v) is 5.50. The lowest BCUT2D eigenvalue weighted by atomic mass is 9.93. The summed E-state index contributed by atoms with van der Waals surface area (Å²) < 4.78 is 10.2. The average Bonchev–Trinajstić information content (AvgIpc) is 2.26. The molecule has 0 radical (unpaired) electrons. The normalized spacial score (nSPS) is 19.6. The van der Waals surface area contributed by atoms with E-state index in [1.54, 1.807) is 5.94 Å². The molecule has 0 aromatic rings. The van der Waals surface area contributed by atoms with Crippen molar-refractivity contribution < 1.29 is 19.1 Å². The van der Waals surface area contributed by atoms with Crippen molar-refractivity contribution in [2.24, 2.45) is 5.73 Å². The zero-order valence-corrected chi connectivity index (χ0v) is 10.9. The van der Waals surface area contributed by atoms with Crippen LogP contribution in [0.4, 0.5) is 0 Å². The smallest absolute Gasteiger partial charge is 0.335 e. The van der Waals surface area contributed by atoms with Gasteiger partial charge in [-0.15, -0.1) is 0 Å². The summed E-state index contributed by atoms with van der Waals surface area (Å²) in [4.78, 5) is 22.4. The first-order valence-electron chi connectivity index (χ1n) is 5.50. The Balaban J connectivity index is 3.14. The minimum absolute atomic E-state index is 0.118. The maximum absolute atomic E-state index is 11.4. The lowest BCUT2D eigenvalue weighted by Crippen LogP contribution is -2.34. The van der Waals surface area contributed by atoms with Crippen LogP contribution < -0.4 is 5.73 Å². The molecule has 1 unspecified atom stereocenters. The monoisotopic (exact) mass is 251 g/mol. The molecule has 0 fully saturated rings. The Hall–Kier alpha value is -1.84. The molecule has 0 saturated carbocycles. The summed E-state index contributed by atoms with van der Waals surface area (Å²) in [5.74, 6) is 1.50. The minimum Gasteiger partial charge on any atom is -0.487 e. The van der Waals surface area contributed by atoms with Crippen molar-refractivity contribution in [2.45, 2.75) is 32.4 Å². The van der Waals surface area contributed by atoms with Gasteiger partial charge in [-0.25, -0.2) is 9.59 Å². The quantitative estimate of drug-likeness (QED) is 0.582. The molecule has 18 heavy (non-hydrogen) atoms. The van der Waals surface area contributed by atoms with Gasteiger partial charge in [0.1, 0.15) is 17.3 Å². The summed E-state index contributed by atoms with van der Waals surface area (Å²) in [5, 5.41) is 0. The van der Waals surface area contributed by atoms with Crippen LogP contribution in [0.2, 0.25) is 0 Å². The summed E-state index contributed by atoms with van der Waals surface area (Å²) in [6.45, 7) is 5.55. The molecule has 0 aliphatic heterocycles. The van der Waals surface area contributed by atoms with Gasteiger partial charge in [0, 0.05) is 0 Å². The van der Waals surface area contributed by atoms with E-state index in [9.17, 15) is 9.59 Å². The van der Waals surface area contributed by atoms with Gasteiger partial charge in [0.05, 0.1) is 24.3 Å². The van der Waals surface area contributed by atoms with Crippen molar-refractivity contribution in [3.63, 3.8) is 0 Å². The van der Waals surface area contributed by atoms with E-state index in [-0.39, 0.29) is 11.1 Å². The Morgan fingerprint density at radius 1 is 1.39 bits per heavy atom. The molecular weight excluding hydrogens is 234 g/mol. The van der Waals surface area contributed by atoms with E-state index in [0.717, 1.165) is 0 Å². The number of nitrogens with two attached hydrogens (primary N) is 1. The van der Waals surface area contributed by atoms with Crippen LogP contribution in [-0.2, 0) is 19.1 Å². The fourth-order valence-corrected chi connectivity index (χ4v) is 1.51. The van der Waals surface area contributed by atoms with Crippen molar-refractivity contribution in [2.75, 3.05) is 7.11 Å². The second-order valence-corrected chi connectivity index (χ2v) is 4.85. The topological polar surface area (TPSA) is 78.6 Å². The van der Waals surface area contributed by atoms with Gasteiger partial charge < -0.3 is 15.2 Å². The zero-order valence-electron chi connectivity index (χ0n) is 10.9. The number of ether oxygens (including phenoxy) is 2. The van der Waals surface area contributed by atoms with E-state index in [0.29, 0.717) is 5.76 Å². The number of carbonyl (C=O) groups excluding carboxylic acids is 2. The molecule has 0 spiro atoms. The van der Waals surface area contributed by atoms with E-state index in [1.165, 1.54) is 19.3 Å². The molecule has 0 aromatic heterocycles. The van der Waals surface area contributed by atoms with Crippen molar-refractivity contribution in [1.82, 2.24) is 0 Å². The molecule has 0 bridgehead atoms. The van der Waals surface area contributed by atoms with Crippen molar-refractivity contribution >= 4 is 11.9 Å². The van der Waals surface area contributed by atoms with Crippen LogP contribution in [0.15, 0.2) is 29.1 Å². The molecule has 0 amide bonds. The third kappa shape index (κ3) is 3.09. The highest BCUT2D eigenvalue weighted by molar-refractivity contribution is 5.93. The number of hydrogen-bond donors (Lipinski definition) is 1. The van der Waals surface area contributed by atoms with Gasteiger partial charge in [-0.2, -0.15) is 0 Å². The van der Waals surface area contributed by atoms with E-state index in [4.69, 9.17) is 10.5 Å². The summed E-state index contributed by atoms with van der Waals surface area (Å²) in [6.07, 6.45) is 3.03. The molecule has 1 rings (SSSR count). The molecule has 98 valence electrons. The second kappa shape index (κ2) is 5.21. The van der Waals surface area contributed by atoms with Crippen LogP contribution in [0.25, 0.3) is 0 Å². The SMILES string of the molecule is COC(=O)C1=CC=C(OC(C)(C)C)C(=C=O)C1N. The van der Waals surface area contributed by atoms with Crippen molar-refractivity contribution in [1.29, 1.82) is 0 Å². The second-order valence-electron chi connectivity index (χ2n) is 4.85. The van der Waals surface area contributed by atoms with Crippen LogP contribution in [0.3, 0.4) is 0 Å². The Bertz CT molecular complexity index is 462. The Morgan fingerprint density at radius 3 is 2.44 bits per heavy atom. The average molecular weight is 251 g/mol. The maximum atomic E-state index is 11.4. The third-order valence-electron chi connectivity index (χ3n) is 2.27. The molecular formula is C13H17NO4. The van der Waals surface area contributed by atoms with E-state index in [1.807, 2.05) is 20.8 Å². The number of rotatable bonds is 2. The van der Waals surface area contributed by atoms with Gasteiger partial charge >= 0.3 is 5.97 Å². The summed E-state index contributed by atoms with van der Waals surface area (Å²) >= 11 is 0. The molecule has 2 N–H and O–H groups in total. The lowest BCUT2D eigenvalue weighted by Gasteiger charge is -2.27. The first-order chi connectivity index (χ1) is 8.30. The molecule has 0 aromatic carbocycles. The lowest BCUT2D eigenvalue weighted by molar-refractivity contribution is -0.136. The van der Waals surface area contributed by atoms with Gasteiger partial charge in [0.2, 0.25) is 0 Å². The third-order valence-corrected chi connectivity index (χ3v) is 2.27. The fourth-order valence-electron chi connectivity index (χ4n) is 1.51. The number of allylic oxidation sites excluding steroid dienone is 2. The van der Waals surface area contributed by atoms with Crippen LogP contribution >= 0.6 is 0 Å². The maximum Gasteiger partial charge on any atom is 0.335 e. The molecule has 1 atom stereocenters.